The zero-order valence-electron chi connectivity index (χ0n) is 10.8. The van der Waals surface area contributed by atoms with E-state index in [-0.39, 0.29) is 17.4 Å². The van der Waals surface area contributed by atoms with E-state index in [0.717, 1.165) is 17.5 Å². The van der Waals surface area contributed by atoms with Gasteiger partial charge in [0.05, 0.1) is 0 Å². The van der Waals surface area contributed by atoms with Gasteiger partial charge in [0, 0.05) is 5.92 Å². The first kappa shape index (κ1) is 13.0. The van der Waals surface area contributed by atoms with Crippen LogP contribution in [0.2, 0.25) is 0 Å². The Morgan fingerprint density at radius 3 is 1.95 bits per heavy atom. The summed E-state index contributed by atoms with van der Waals surface area (Å²) in [5.74, 6) is 6.76. The van der Waals surface area contributed by atoms with Crippen LogP contribution in [0.1, 0.15) is 24.0 Å². The maximum atomic E-state index is 9.32. The predicted octanol–water partition coefficient (Wildman–Crippen LogP) is 3.45. The first-order valence-corrected chi connectivity index (χ1v) is 6.18. The highest BCUT2D eigenvalue weighted by molar-refractivity contribution is 5.35. The van der Waals surface area contributed by atoms with Crippen molar-refractivity contribution in [3.8, 4) is 23.3 Å². The molecule has 2 heteroatoms. The Morgan fingerprint density at radius 1 is 0.895 bits per heavy atom. The third kappa shape index (κ3) is 3.53. The van der Waals surface area contributed by atoms with E-state index in [1.54, 1.807) is 24.3 Å². The maximum absolute atomic E-state index is 9.32. The second-order valence-electron chi connectivity index (χ2n) is 4.41. The van der Waals surface area contributed by atoms with E-state index in [4.69, 9.17) is 0 Å². The molecule has 1 unspecified atom stereocenters. The summed E-state index contributed by atoms with van der Waals surface area (Å²) < 4.78 is 0. The minimum atomic E-state index is 0.0927. The Morgan fingerprint density at radius 2 is 1.42 bits per heavy atom. The Balaban J connectivity index is 2.22. The standard InChI is InChI=1S/C17H16O2/c1-2-3-15(14-6-10-17(19)11-7-14)12-13-4-8-16(18)9-5-13/h4-11,15,18-19H,12H2,1H3. The molecule has 0 heterocycles. The van der Waals surface area contributed by atoms with Gasteiger partial charge < -0.3 is 10.2 Å². The van der Waals surface area contributed by atoms with Gasteiger partial charge in [0.2, 0.25) is 0 Å². The molecule has 0 aliphatic rings. The highest BCUT2D eigenvalue weighted by atomic mass is 16.3. The van der Waals surface area contributed by atoms with Crippen molar-refractivity contribution in [3.63, 3.8) is 0 Å². The molecule has 19 heavy (non-hydrogen) atoms. The molecular formula is C17H16O2. The normalized spacial score (nSPS) is 11.4. The number of hydrogen-bond donors (Lipinski definition) is 2. The van der Waals surface area contributed by atoms with Crippen LogP contribution in [-0.4, -0.2) is 10.2 Å². The van der Waals surface area contributed by atoms with Gasteiger partial charge in [-0.3, -0.25) is 0 Å². The summed E-state index contributed by atoms with van der Waals surface area (Å²) >= 11 is 0. The van der Waals surface area contributed by atoms with Gasteiger partial charge in [-0.2, -0.15) is 0 Å². The van der Waals surface area contributed by atoms with Crippen molar-refractivity contribution in [2.75, 3.05) is 0 Å². The van der Waals surface area contributed by atoms with Crippen LogP contribution in [-0.2, 0) is 6.42 Å². The Bertz CT molecular complexity index is 586. The van der Waals surface area contributed by atoms with Crippen LogP contribution in [0, 0.1) is 11.8 Å². The third-order valence-electron chi connectivity index (χ3n) is 2.99. The molecule has 0 saturated carbocycles. The molecule has 0 aromatic heterocycles. The summed E-state index contributed by atoms with van der Waals surface area (Å²) in [6.07, 6.45) is 0.784. The lowest BCUT2D eigenvalue weighted by Gasteiger charge is -2.11. The van der Waals surface area contributed by atoms with Gasteiger partial charge in [-0.1, -0.05) is 30.2 Å². The average molecular weight is 252 g/mol. The van der Waals surface area contributed by atoms with E-state index in [0.29, 0.717) is 0 Å². The lowest BCUT2D eigenvalue weighted by molar-refractivity contribution is 0.474. The van der Waals surface area contributed by atoms with Crippen molar-refractivity contribution in [1.29, 1.82) is 0 Å². The van der Waals surface area contributed by atoms with Crippen LogP contribution in [0.4, 0.5) is 0 Å². The van der Waals surface area contributed by atoms with E-state index >= 15 is 0 Å². The summed E-state index contributed by atoms with van der Waals surface area (Å²) in [6.45, 7) is 1.82. The SMILES string of the molecule is CC#CC(Cc1ccc(O)cc1)c1ccc(O)cc1. The number of rotatable bonds is 3. The van der Waals surface area contributed by atoms with Crippen molar-refractivity contribution in [2.45, 2.75) is 19.3 Å². The van der Waals surface area contributed by atoms with Gasteiger partial charge in [0.25, 0.3) is 0 Å². The number of phenols is 2. The summed E-state index contributed by atoms with van der Waals surface area (Å²) in [6, 6.07) is 14.3. The van der Waals surface area contributed by atoms with Gasteiger partial charge in [-0.25, -0.2) is 0 Å². The quantitative estimate of drug-likeness (QED) is 0.821. The Hall–Kier alpha value is -2.40. The molecule has 2 rings (SSSR count). The smallest absolute Gasteiger partial charge is 0.115 e. The number of hydrogen-bond acceptors (Lipinski definition) is 2. The van der Waals surface area contributed by atoms with E-state index in [9.17, 15) is 10.2 Å². The first-order chi connectivity index (χ1) is 9.19. The minimum absolute atomic E-state index is 0.0927. The molecule has 0 bridgehead atoms. The Kier molecular flexibility index (Phi) is 4.10. The van der Waals surface area contributed by atoms with E-state index in [1.165, 1.54) is 0 Å². The fourth-order valence-electron chi connectivity index (χ4n) is 2.00. The maximum Gasteiger partial charge on any atom is 0.115 e. The predicted molar refractivity (Wildman–Crippen MR) is 76.1 cm³/mol. The molecule has 96 valence electrons. The van der Waals surface area contributed by atoms with Crippen molar-refractivity contribution < 1.29 is 10.2 Å². The zero-order valence-corrected chi connectivity index (χ0v) is 10.8. The number of aromatic hydroxyl groups is 2. The second-order valence-corrected chi connectivity index (χ2v) is 4.41. The molecule has 2 N–H and O–H groups in total. The molecule has 0 radical (unpaired) electrons. The average Bonchev–Trinajstić information content (AvgIpc) is 2.42. The summed E-state index contributed by atoms with van der Waals surface area (Å²) in [7, 11) is 0. The van der Waals surface area contributed by atoms with Crippen LogP contribution in [0.25, 0.3) is 0 Å². The van der Waals surface area contributed by atoms with Crippen molar-refractivity contribution >= 4 is 0 Å². The van der Waals surface area contributed by atoms with Gasteiger partial charge in [0.1, 0.15) is 11.5 Å². The van der Waals surface area contributed by atoms with Gasteiger partial charge in [-0.05, 0) is 48.7 Å². The van der Waals surface area contributed by atoms with Crippen LogP contribution in [0.15, 0.2) is 48.5 Å². The topological polar surface area (TPSA) is 40.5 Å². The molecule has 0 fully saturated rings. The van der Waals surface area contributed by atoms with Crippen LogP contribution in [0.5, 0.6) is 11.5 Å². The molecule has 2 aromatic rings. The highest BCUT2D eigenvalue weighted by Gasteiger charge is 2.09. The summed E-state index contributed by atoms with van der Waals surface area (Å²) in [4.78, 5) is 0. The van der Waals surface area contributed by atoms with Crippen molar-refractivity contribution in [2.24, 2.45) is 0 Å². The van der Waals surface area contributed by atoms with E-state index in [2.05, 4.69) is 11.8 Å². The molecule has 0 amide bonds. The second kappa shape index (κ2) is 5.97. The van der Waals surface area contributed by atoms with Crippen molar-refractivity contribution in [3.05, 3.63) is 59.7 Å². The highest BCUT2D eigenvalue weighted by Crippen LogP contribution is 2.23. The fraction of sp³-hybridized carbons (Fsp3) is 0.176. The summed E-state index contributed by atoms with van der Waals surface area (Å²) in [5, 5.41) is 18.6. The molecule has 1 atom stereocenters. The molecule has 0 aliphatic carbocycles. The largest absolute Gasteiger partial charge is 0.508 e. The zero-order chi connectivity index (χ0) is 13.7. The lowest BCUT2D eigenvalue weighted by atomic mass is 9.92. The van der Waals surface area contributed by atoms with Crippen molar-refractivity contribution in [1.82, 2.24) is 0 Å². The molecule has 2 aromatic carbocycles. The van der Waals surface area contributed by atoms with Crippen LogP contribution >= 0.6 is 0 Å². The molecule has 0 saturated heterocycles. The first-order valence-electron chi connectivity index (χ1n) is 6.18. The molecular weight excluding hydrogens is 236 g/mol. The van der Waals surface area contributed by atoms with E-state index < -0.39 is 0 Å². The number of benzene rings is 2. The molecule has 0 aliphatic heterocycles. The third-order valence-corrected chi connectivity index (χ3v) is 2.99. The van der Waals surface area contributed by atoms with Gasteiger partial charge in [-0.15, -0.1) is 5.92 Å². The number of phenolic OH excluding ortho intramolecular Hbond substituents is 2. The van der Waals surface area contributed by atoms with Crippen LogP contribution in [0.3, 0.4) is 0 Å². The summed E-state index contributed by atoms with van der Waals surface area (Å²) in [5.41, 5.74) is 2.21. The lowest BCUT2D eigenvalue weighted by Crippen LogP contribution is -2.00. The minimum Gasteiger partial charge on any atom is -0.508 e. The molecule has 2 nitrogen and oxygen atoms in total. The molecule has 0 spiro atoms. The fourth-order valence-corrected chi connectivity index (χ4v) is 2.00. The van der Waals surface area contributed by atoms with Gasteiger partial charge >= 0.3 is 0 Å². The Labute approximate surface area is 113 Å². The monoisotopic (exact) mass is 252 g/mol. The van der Waals surface area contributed by atoms with E-state index in [1.807, 2.05) is 31.2 Å². The van der Waals surface area contributed by atoms with Crippen LogP contribution < -0.4 is 0 Å². The van der Waals surface area contributed by atoms with Gasteiger partial charge in [0.15, 0.2) is 0 Å².